The number of imidazole rings is 1. The Morgan fingerprint density at radius 3 is 2.65 bits per heavy atom. The van der Waals surface area contributed by atoms with Crippen molar-refractivity contribution in [1.82, 2.24) is 19.1 Å². The van der Waals surface area contributed by atoms with Crippen LogP contribution < -0.4 is 17.0 Å². The Balaban J connectivity index is 2.99. The molecule has 0 aliphatic carbocycles. The van der Waals surface area contributed by atoms with Gasteiger partial charge in [0.1, 0.15) is 0 Å². The number of Topliss-reactive ketones (excluding diaryl/α,β-unsaturated/α-hetero) is 1. The molecule has 0 spiro atoms. The second kappa shape index (κ2) is 3.67. The van der Waals surface area contributed by atoms with Crippen LogP contribution in [-0.2, 0) is 13.7 Å². The van der Waals surface area contributed by atoms with Crippen LogP contribution in [0.4, 0.5) is 0 Å². The lowest BCUT2D eigenvalue weighted by molar-refractivity contribution is 0.100. The quantitative estimate of drug-likeness (QED) is 0.619. The Morgan fingerprint density at radius 2 is 2.12 bits per heavy atom. The van der Waals surface area contributed by atoms with E-state index in [4.69, 9.17) is 5.73 Å². The number of rotatable bonds is 2. The third-order valence-corrected chi connectivity index (χ3v) is 2.50. The van der Waals surface area contributed by atoms with Crippen LogP contribution in [0.15, 0.2) is 9.59 Å². The van der Waals surface area contributed by atoms with Gasteiger partial charge < -0.3 is 10.7 Å². The van der Waals surface area contributed by atoms with Gasteiger partial charge in [0.05, 0.1) is 6.67 Å². The largest absolute Gasteiger partial charge is 0.333 e. The van der Waals surface area contributed by atoms with Gasteiger partial charge in [-0.15, -0.1) is 0 Å². The molecule has 2 aromatic heterocycles. The lowest BCUT2D eigenvalue weighted by Gasteiger charge is -2.03. The Hall–Kier alpha value is -2.22. The fourth-order valence-corrected chi connectivity index (χ4v) is 1.58. The Morgan fingerprint density at radius 1 is 1.47 bits per heavy atom. The number of carbonyl (C=O) groups excluding carboxylic acids is 1. The molecular formula is C9H11N5O3. The summed E-state index contributed by atoms with van der Waals surface area (Å²) < 4.78 is 2.04. The number of aromatic amines is 1. The maximum Gasteiger partial charge on any atom is 0.333 e. The highest BCUT2D eigenvalue weighted by atomic mass is 16.2. The number of nitrogens with zero attached hydrogens (tertiary/aromatic N) is 3. The van der Waals surface area contributed by atoms with Crippen LogP contribution in [0.5, 0.6) is 0 Å². The van der Waals surface area contributed by atoms with Crippen molar-refractivity contribution in [3.05, 3.63) is 26.7 Å². The number of hydrogen-bond donors (Lipinski definition) is 2. The number of fused-ring (bicyclic) bond motifs is 1. The summed E-state index contributed by atoms with van der Waals surface area (Å²) in [5, 5.41) is 0. The first-order valence-corrected chi connectivity index (χ1v) is 4.88. The van der Waals surface area contributed by atoms with Crippen LogP contribution in [0.2, 0.25) is 0 Å². The third kappa shape index (κ3) is 1.49. The normalized spacial score (nSPS) is 11.0. The molecule has 0 saturated carbocycles. The molecule has 2 rings (SSSR count). The van der Waals surface area contributed by atoms with E-state index < -0.39 is 11.2 Å². The molecule has 0 aliphatic heterocycles. The average molecular weight is 237 g/mol. The minimum atomic E-state index is -0.578. The second-order valence-corrected chi connectivity index (χ2v) is 3.60. The number of carbonyl (C=O) groups is 1. The summed E-state index contributed by atoms with van der Waals surface area (Å²) in [6, 6.07) is 0. The van der Waals surface area contributed by atoms with Crippen LogP contribution >= 0.6 is 0 Å². The summed E-state index contributed by atoms with van der Waals surface area (Å²) in [5.74, 6) is -0.269. The number of aryl methyl sites for hydroxylation is 1. The van der Waals surface area contributed by atoms with Gasteiger partial charge in [-0.05, 0) is 0 Å². The highest BCUT2D eigenvalue weighted by Crippen LogP contribution is 2.04. The van der Waals surface area contributed by atoms with E-state index in [0.29, 0.717) is 0 Å². The van der Waals surface area contributed by atoms with Gasteiger partial charge in [-0.25, -0.2) is 14.3 Å². The van der Waals surface area contributed by atoms with Gasteiger partial charge in [0, 0.05) is 14.0 Å². The number of nitrogens with one attached hydrogen (secondary N) is 1. The van der Waals surface area contributed by atoms with Crippen molar-refractivity contribution in [2.45, 2.75) is 13.6 Å². The Kier molecular flexibility index (Phi) is 2.43. The Labute approximate surface area is 94.7 Å². The molecule has 2 aromatic rings. The first-order chi connectivity index (χ1) is 7.97. The summed E-state index contributed by atoms with van der Waals surface area (Å²) in [6.07, 6.45) is 0. The van der Waals surface area contributed by atoms with Gasteiger partial charge >= 0.3 is 5.69 Å². The zero-order valence-electron chi connectivity index (χ0n) is 9.35. The molecule has 0 amide bonds. The summed E-state index contributed by atoms with van der Waals surface area (Å²) in [4.78, 5) is 41.2. The number of aromatic nitrogens is 4. The van der Waals surface area contributed by atoms with E-state index in [1.165, 1.54) is 18.5 Å². The van der Waals surface area contributed by atoms with Crippen molar-refractivity contribution < 1.29 is 4.79 Å². The van der Waals surface area contributed by atoms with Gasteiger partial charge in [-0.3, -0.25) is 14.2 Å². The average Bonchev–Trinajstić information content (AvgIpc) is 2.72. The summed E-state index contributed by atoms with van der Waals surface area (Å²) in [7, 11) is 1.46. The maximum atomic E-state index is 11.9. The van der Waals surface area contributed by atoms with Crippen LogP contribution in [0.25, 0.3) is 11.2 Å². The van der Waals surface area contributed by atoms with Crippen molar-refractivity contribution in [3.63, 3.8) is 0 Å². The Bertz CT molecular complexity index is 721. The minimum absolute atomic E-state index is 0.0434. The molecular weight excluding hydrogens is 226 g/mol. The smallest absolute Gasteiger partial charge is 0.330 e. The van der Waals surface area contributed by atoms with Crippen molar-refractivity contribution in [2.24, 2.45) is 12.8 Å². The van der Waals surface area contributed by atoms with E-state index in [2.05, 4.69) is 9.97 Å². The van der Waals surface area contributed by atoms with Gasteiger partial charge in [-0.1, -0.05) is 0 Å². The molecule has 17 heavy (non-hydrogen) atoms. The lowest BCUT2D eigenvalue weighted by Crippen LogP contribution is -2.41. The van der Waals surface area contributed by atoms with Crippen LogP contribution in [0, 0.1) is 0 Å². The lowest BCUT2D eigenvalue weighted by atomic mass is 10.4. The summed E-state index contributed by atoms with van der Waals surface area (Å²) in [6.45, 7) is 1.09. The van der Waals surface area contributed by atoms with E-state index in [-0.39, 0.29) is 29.4 Å². The minimum Gasteiger partial charge on any atom is -0.330 e. The fraction of sp³-hybridized carbons (Fsp3) is 0.333. The predicted molar refractivity (Wildman–Crippen MR) is 59.8 cm³/mol. The van der Waals surface area contributed by atoms with E-state index in [1.54, 1.807) is 0 Å². The van der Waals surface area contributed by atoms with Crippen LogP contribution in [0.3, 0.4) is 0 Å². The van der Waals surface area contributed by atoms with E-state index in [9.17, 15) is 14.4 Å². The molecule has 2 heterocycles. The van der Waals surface area contributed by atoms with Crippen molar-refractivity contribution >= 4 is 16.9 Å². The molecule has 0 aliphatic rings. The van der Waals surface area contributed by atoms with E-state index in [0.717, 1.165) is 4.57 Å². The molecule has 0 fully saturated rings. The van der Waals surface area contributed by atoms with Crippen molar-refractivity contribution in [1.29, 1.82) is 0 Å². The molecule has 8 nitrogen and oxygen atoms in total. The molecule has 0 atom stereocenters. The van der Waals surface area contributed by atoms with Gasteiger partial charge in [0.25, 0.3) is 5.56 Å². The monoisotopic (exact) mass is 237 g/mol. The molecule has 3 N–H and O–H groups in total. The molecule has 0 radical (unpaired) electrons. The molecule has 8 heteroatoms. The molecule has 0 unspecified atom stereocenters. The second-order valence-electron chi connectivity index (χ2n) is 3.60. The van der Waals surface area contributed by atoms with E-state index >= 15 is 0 Å². The number of nitrogens with two attached hydrogens (primary N) is 1. The maximum absolute atomic E-state index is 11.9. The van der Waals surface area contributed by atoms with E-state index in [1.807, 2.05) is 0 Å². The van der Waals surface area contributed by atoms with Gasteiger partial charge in [0.2, 0.25) is 0 Å². The summed E-state index contributed by atoms with van der Waals surface area (Å²) >= 11 is 0. The first kappa shape index (κ1) is 11.3. The highest BCUT2D eigenvalue weighted by molar-refractivity contribution is 5.93. The van der Waals surface area contributed by atoms with Crippen LogP contribution in [0.1, 0.15) is 17.5 Å². The molecule has 0 saturated heterocycles. The molecule has 90 valence electrons. The number of ketones is 1. The molecule has 0 aromatic carbocycles. The van der Waals surface area contributed by atoms with Gasteiger partial charge in [-0.2, -0.15) is 0 Å². The zero-order valence-corrected chi connectivity index (χ0v) is 9.35. The topological polar surface area (TPSA) is 116 Å². The SMILES string of the molecule is CC(=O)c1nc2c([nH]1)c(=O)n(CN)c(=O)n2C. The number of H-pyrrole nitrogens is 1. The third-order valence-electron chi connectivity index (χ3n) is 2.50. The summed E-state index contributed by atoms with van der Waals surface area (Å²) in [5.41, 5.74) is 4.43. The van der Waals surface area contributed by atoms with Crippen molar-refractivity contribution in [3.8, 4) is 0 Å². The number of hydrogen-bond acceptors (Lipinski definition) is 5. The fourth-order valence-electron chi connectivity index (χ4n) is 1.58. The predicted octanol–water partition coefficient (Wildman–Crippen LogP) is -1.46. The molecule has 0 bridgehead atoms. The van der Waals surface area contributed by atoms with Crippen LogP contribution in [-0.4, -0.2) is 24.9 Å². The van der Waals surface area contributed by atoms with Gasteiger partial charge in [0.15, 0.2) is 22.8 Å². The van der Waals surface area contributed by atoms with Crippen molar-refractivity contribution in [2.75, 3.05) is 0 Å². The first-order valence-electron chi connectivity index (χ1n) is 4.88. The highest BCUT2D eigenvalue weighted by Gasteiger charge is 2.15. The zero-order chi connectivity index (χ0) is 12.7. The standard InChI is InChI=1S/C9H11N5O3/c1-4(15)6-11-5-7(12-6)13(2)9(17)14(3-10)8(5)16/h3,10H2,1-2H3,(H,11,12).